The van der Waals surface area contributed by atoms with E-state index in [1.165, 1.54) is 16.2 Å². The number of fused-ring (bicyclic) bond motifs is 1. The third-order valence-electron chi connectivity index (χ3n) is 6.03. The van der Waals surface area contributed by atoms with E-state index in [0.29, 0.717) is 39.9 Å². The predicted molar refractivity (Wildman–Crippen MR) is 140 cm³/mol. The number of rotatable bonds is 6. The Bertz CT molecular complexity index is 1510. The number of aliphatic hydroxyl groups excluding tert-OH is 1. The van der Waals surface area contributed by atoms with Gasteiger partial charge in [-0.2, -0.15) is 0 Å². The molecule has 1 aliphatic rings. The summed E-state index contributed by atoms with van der Waals surface area (Å²) < 4.78 is 11.6. The summed E-state index contributed by atoms with van der Waals surface area (Å²) in [7, 11) is 1.58. The van der Waals surface area contributed by atoms with Crippen molar-refractivity contribution in [3.63, 3.8) is 0 Å². The van der Waals surface area contributed by atoms with Crippen LogP contribution < -0.4 is 14.4 Å². The molecule has 1 aliphatic heterocycles. The zero-order valence-corrected chi connectivity index (χ0v) is 20.8. The number of anilines is 1. The maximum atomic E-state index is 13.4. The number of benzene rings is 3. The van der Waals surface area contributed by atoms with Crippen LogP contribution in [0.15, 0.2) is 72.3 Å². The van der Waals surface area contributed by atoms with Crippen LogP contribution in [0.25, 0.3) is 16.0 Å². The Balaban J connectivity index is 1.68. The van der Waals surface area contributed by atoms with Crippen LogP contribution in [0.5, 0.6) is 11.5 Å². The molecule has 182 valence electrons. The number of aliphatic hydroxyl groups is 1. The van der Waals surface area contributed by atoms with Gasteiger partial charge < -0.3 is 14.6 Å². The molecule has 1 amide bonds. The summed E-state index contributed by atoms with van der Waals surface area (Å²) in [6.07, 6.45) is 0. The van der Waals surface area contributed by atoms with Crippen molar-refractivity contribution >= 4 is 44.1 Å². The van der Waals surface area contributed by atoms with E-state index in [4.69, 9.17) is 9.47 Å². The van der Waals surface area contributed by atoms with Crippen molar-refractivity contribution in [2.24, 2.45) is 0 Å². The smallest absolute Gasteiger partial charge is 0.301 e. The highest BCUT2D eigenvalue weighted by atomic mass is 32.1. The lowest BCUT2D eigenvalue weighted by Gasteiger charge is -2.23. The second-order valence-corrected chi connectivity index (χ2v) is 9.38. The Labute approximate surface area is 212 Å². The summed E-state index contributed by atoms with van der Waals surface area (Å²) in [6, 6.07) is 19.0. The molecular formula is C28H24N2O5S. The predicted octanol–water partition coefficient (Wildman–Crippen LogP) is 5.64. The normalized spacial score (nSPS) is 17.1. The van der Waals surface area contributed by atoms with Gasteiger partial charge in [0, 0.05) is 5.56 Å². The van der Waals surface area contributed by atoms with Crippen LogP contribution in [0.3, 0.4) is 0 Å². The molecule has 0 saturated carbocycles. The minimum atomic E-state index is -0.834. The Kier molecular flexibility index (Phi) is 6.20. The Morgan fingerprint density at radius 1 is 1.06 bits per heavy atom. The van der Waals surface area contributed by atoms with Crippen molar-refractivity contribution in [2.45, 2.75) is 19.9 Å². The first-order chi connectivity index (χ1) is 17.4. The summed E-state index contributed by atoms with van der Waals surface area (Å²) in [5.41, 5.74) is 2.80. The summed E-state index contributed by atoms with van der Waals surface area (Å²) in [6.45, 7) is 4.33. The summed E-state index contributed by atoms with van der Waals surface area (Å²) >= 11 is 1.29. The molecule has 1 saturated heterocycles. The fourth-order valence-corrected chi connectivity index (χ4v) is 5.36. The van der Waals surface area contributed by atoms with Gasteiger partial charge in [0.05, 0.1) is 35.5 Å². The molecule has 36 heavy (non-hydrogen) atoms. The number of methoxy groups -OCH3 is 1. The molecule has 1 aromatic heterocycles. The molecule has 1 unspecified atom stereocenters. The van der Waals surface area contributed by atoms with Gasteiger partial charge in [-0.3, -0.25) is 14.5 Å². The summed E-state index contributed by atoms with van der Waals surface area (Å²) in [5.74, 6) is -0.418. The Morgan fingerprint density at radius 2 is 1.81 bits per heavy atom. The maximum absolute atomic E-state index is 13.4. The number of hydrogen-bond acceptors (Lipinski definition) is 7. The van der Waals surface area contributed by atoms with Crippen molar-refractivity contribution in [3.05, 3.63) is 89.0 Å². The molecule has 4 aromatic rings. The highest BCUT2D eigenvalue weighted by Gasteiger charge is 2.48. The number of Topliss-reactive ketones (excluding diaryl/α,β-unsaturated/α-hetero) is 1. The molecule has 7 nitrogen and oxygen atoms in total. The van der Waals surface area contributed by atoms with Gasteiger partial charge in [0.2, 0.25) is 0 Å². The fraction of sp³-hybridized carbons (Fsp3) is 0.179. The van der Waals surface area contributed by atoms with Crippen LogP contribution in [0, 0.1) is 6.92 Å². The minimum absolute atomic E-state index is 0.0200. The van der Waals surface area contributed by atoms with Crippen LogP contribution >= 0.6 is 11.3 Å². The standard InChI is InChI=1S/C28H24N2O5S/c1-4-35-19-10-8-17(9-11-19)25(31)23-24(18-7-5-6-16(2)14-18)30(27(33)26(23)32)28-29-21-13-12-20(34-3)15-22(21)36-28/h5-15,24,31H,4H2,1-3H3/b25-23+. The number of nitrogens with zero attached hydrogens (tertiary/aromatic N) is 2. The van der Waals surface area contributed by atoms with E-state index in [9.17, 15) is 14.7 Å². The van der Waals surface area contributed by atoms with E-state index >= 15 is 0 Å². The molecule has 0 bridgehead atoms. The van der Waals surface area contributed by atoms with E-state index in [2.05, 4.69) is 4.98 Å². The first-order valence-electron chi connectivity index (χ1n) is 11.5. The molecule has 2 heterocycles. The van der Waals surface area contributed by atoms with Gasteiger partial charge in [0.25, 0.3) is 5.78 Å². The first kappa shape index (κ1) is 23.6. The lowest BCUT2D eigenvalue weighted by Crippen LogP contribution is -2.29. The van der Waals surface area contributed by atoms with E-state index < -0.39 is 17.7 Å². The molecule has 1 N–H and O–H groups in total. The molecule has 1 atom stereocenters. The van der Waals surface area contributed by atoms with Gasteiger partial charge in [-0.1, -0.05) is 41.2 Å². The number of amides is 1. The molecule has 1 fully saturated rings. The van der Waals surface area contributed by atoms with E-state index in [1.54, 1.807) is 37.4 Å². The minimum Gasteiger partial charge on any atom is -0.507 e. The molecule has 0 spiro atoms. The molecular weight excluding hydrogens is 476 g/mol. The molecule has 3 aromatic carbocycles. The number of aryl methyl sites for hydroxylation is 1. The average molecular weight is 501 g/mol. The number of aromatic nitrogens is 1. The van der Waals surface area contributed by atoms with E-state index in [-0.39, 0.29) is 11.3 Å². The third kappa shape index (κ3) is 4.09. The number of ketones is 1. The van der Waals surface area contributed by atoms with Gasteiger partial charge in [-0.15, -0.1) is 0 Å². The van der Waals surface area contributed by atoms with Crippen molar-refractivity contribution in [1.29, 1.82) is 0 Å². The Hall–Kier alpha value is -4.17. The number of hydrogen-bond donors (Lipinski definition) is 1. The SMILES string of the molecule is CCOc1ccc(/C(O)=C2\C(=O)C(=O)N(c3nc4ccc(OC)cc4s3)C2c2cccc(C)c2)cc1. The van der Waals surface area contributed by atoms with Crippen molar-refractivity contribution in [3.8, 4) is 11.5 Å². The maximum Gasteiger partial charge on any atom is 0.301 e. The Morgan fingerprint density at radius 3 is 2.50 bits per heavy atom. The van der Waals surface area contributed by atoms with Gasteiger partial charge in [0.1, 0.15) is 17.3 Å². The lowest BCUT2D eigenvalue weighted by atomic mass is 9.94. The highest BCUT2D eigenvalue weighted by molar-refractivity contribution is 7.22. The fourth-order valence-electron chi connectivity index (χ4n) is 4.34. The molecule has 0 aliphatic carbocycles. The molecule has 8 heteroatoms. The quantitative estimate of drug-likeness (QED) is 0.209. The zero-order valence-electron chi connectivity index (χ0n) is 20.0. The zero-order chi connectivity index (χ0) is 25.4. The molecule has 0 radical (unpaired) electrons. The largest absolute Gasteiger partial charge is 0.507 e. The summed E-state index contributed by atoms with van der Waals surface area (Å²) in [4.78, 5) is 32.8. The van der Waals surface area contributed by atoms with Gasteiger partial charge in [-0.05, 0) is 61.9 Å². The van der Waals surface area contributed by atoms with Gasteiger partial charge >= 0.3 is 5.91 Å². The number of ether oxygens (including phenoxy) is 2. The monoisotopic (exact) mass is 500 g/mol. The summed E-state index contributed by atoms with van der Waals surface area (Å²) in [5, 5.41) is 11.7. The lowest BCUT2D eigenvalue weighted by molar-refractivity contribution is -0.132. The molecule has 5 rings (SSSR count). The van der Waals surface area contributed by atoms with Gasteiger partial charge in [-0.25, -0.2) is 4.98 Å². The first-order valence-corrected chi connectivity index (χ1v) is 12.3. The van der Waals surface area contributed by atoms with Gasteiger partial charge in [0.15, 0.2) is 5.13 Å². The van der Waals surface area contributed by atoms with Crippen molar-refractivity contribution in [2.75, 3.05) is 18.6 Å². The van der Waals surface area contributed by atoms with Crippen LogP contribution in [0.2, 0.25) is 0 Å². The average Bonchev–Trinajstić information content (AvgIpc) is 3.42. The van der Waals surface area contributed by atoms with Crippen LogP contribution in [0.1, 0.15) is 29.7 Å². The number of carbonyl (C=O) groups excluding carboxylic acids is 2. The van der Waals surface area contributed by atoms with Crippen molar-refractivity contribution < 1.29 is 24.2 Å². The third-order valence-corrected chi connectivity index (χ3v) is 7.05. The number of carbonyl (C=O) groups is 2. The number of thiazole rings is 1. The second-order valence-electron chi connectivity index (χ2n) is 8.37. The highest BCUT2D eigenvalue weighted by Crippen LogP contribution is 2.44. The van der Waals surface area contributed by atoms with E-state index in [0.717, 1.165) is 10.3 Å². The van der Waals surface area contributed by atoms with Crippen molar-refractivity contribution in [1.82, 2.24) is 4.98 Å². The second kappa shape index (κ2) is 9.47. The van der Waals surface area contributed by atoms with Crippen LogP contribution in [-0.2, 0) is 9.59 Å². The van der Waals surface area contributed by atoms with Crippen LogP contribution in [0.4, 0.5) is 5.13 Å². The van der Waals surface area contributed by atoms with Crippen LogP contribution in [-0.4, -0.2) is 35.5 Å². The topological polar surface area (TPSA) is 89.0 Å². The van der Waals surface area contributed by atoms with E-state index in [1.807, 2.05) is 50.2 Å².